The molecule has 0 radical (unpaired) electrons. The second-order valence-corrected chi connectivity index (χ2v) is 9.90. The molecule has 164 valence electrons. The summed E-state index contributed by atoms with van der Waals surface area (Å²) in [5, 5.41) is 12.8. The third-order valence-electron chi connectivity index (χ3n) is 5.15. The number of ether oxygens (including phenoxy) is 1. The van der Waals surface area contributed by atoms with Crippen LogP contribution in [0.4, 0.5) is 5.00 Å². The fraction of sp³-hybridized carbons (Fsp3) is 0.619. The number of thiophene rings is 1. The zero-order valence-corrected chi connectivity index (χ0v) is 19.9. The molecule has 1 unspecified atom stereocenters. The zero-order valence-electron chi connectivity index (χ0n) is 18.3. The quantitative estimate of drug-likeness (QED) is 0.470. The Labute approximate surface area is 186 Å². The Balaban J connectivity index is 1.74. The predicted octanol–water partition coefficient (Wildman–Crippen LogP) is 4.52. The van der Waals surface area contributed by atoms with Gasteiger partial charge in [0.05, 0.1) is 17.9 Å². The number of nitrogens with zero attached hydrogens (tertiary/aromatic N) is 3. The minimum absolute atomic E-state index is 0.158. The van der Waals surface area contributed by atoms with Crippen molar-refractivity contribution in [1.29, 1.82) is 0 Å². The number of rotatable bonds is 8. The zero-order chi connectivity index (χ0) is 21.8. The normalized spacial score (nSPS) is 15.9. The van der Waals surface area contributed by atoms with Crippen LogP contribution >= 0.6 is 23.1 Å². The highest BCUT2D eigenvalue weighted by atomic mass is 32.2. The molecule has 0 aromatic carbocycles. The molecule has 2 aromatic heterocycles. The monoisotopic (exact) mass is 450 g/mol. The molecular formula is C21H30N4O3S2. The van der Waals surface area contributed by atoms with Crippen molar-refractivity contribution in [2.24, 2.45) is 5.92 Å². The van der Waals surface area contributed by atoms with Crippen LogP contribution in [0.2, 0.25) is 0 Å². The molecule has 0 fully saturated rings. The van der Waals surface area contributed by atoms with Crippen LogP contribution in [0, 0.1) is 5.92 Å². The number of fused-ring (bicyclic) bond motifs is 1. The molecule has 1 aliphatic carbocycles. The van der Waals surface area contributed by atoms with Crippen molar-refractivity contribution in [3.63, 3.8) is 0 Å². The number of thioether (sulfide) groups is 1. The number of hydrogen-bond donors (Lipinski definition) is 1. The van der Waals surface area contributed by atoms with Gasteiger partial charge in [0.15, 0.2) is 5.16 Å². The van der Waals surface area contributed by atoms with E-state index in [-0.39, 0.29) is 23.5 Å². The number of hydrogen-bond acceptors (Lipinski definition) is 7. The molecule has 1 N–H and O–H groups in total. The lowest BCUT2D eigenvalue weighted by molar-refractivity contribution is -0.113. The van der Waals surface area contributed by atoms with E-state index in [9.17, 15) is 9.59 Å². The van der Waals surface area contributed by atoms with E-state index >= 15 is 0 Å². The molecule has 0 saturated carbocycles. The molecule has 7 nitrogen and oxygen atoms in total. The van der Waals surface area contributed by atoms with Crippen LogP contribution in [0.5, 0.6) is 0 Å². The summed E-state index contributed by atoms with van der Waals surface area (Å²) >= 11 is 2.87. The lowest BCUT2D eigenvalue weighted by Gasteiger charge is -2.18. The Morgan fingerprint density at radius 2 is 2.10 bits per heavy atom. The highest BCUT2D eigenvalue weighted by Crippen LogP contribution is 2.40. The third-order valence-corrected chi connectivity index (χ3v) is 7.29. The first-order chi connectivity index (χ1) is 14.3. The Hall–Kier alpha value is -1.87. The van der Waals surface area contributed by atoms with Crippen molar-refractivity contribution in [2.45, 2.75) is 71.5 Å². The van der Waals surface area contributed by atoms with Crippen LogP contribution in [0.15, 0.2) is 5.16 Å². The maximum Gasteiger partial charge on any atom is 0.341 e. The topological polar surface area (TPSA) is 86.1 Å². The van der Waals surface area contributed by atoms with E-state index in [4.69, 9.17) is 4.74 Å². The van der Waals surface area contributed by atoms with Crippen molar-refractivity contribution < 1.29 is 14.3 Å². The molecule has 0 bridgehead atoms. The van der Waals surface area contributed by atoms with Gasteiger partial charge in [-0.3, -0.25) is 4.79 Å². The van der Waals surface area contributed by atoms with Gasteiger partial charge in [-0.2, -0.15) is 0 Å². The molecule has 0 spiro atoms. The average molecular weight is 451 g/mol. The average Bonchev–Trinajstić information content (AvgIpc) is 3.26. The molecule has 0 saturated heterocycles. The fourth-order valence-corrected chi connectivity index (χ4v) is 5.91. The van der Waals surface area contributed by atoms with Crippen LogP contribution in [-0.4, -0.2) is 39.0 Å². The number of esters is 1. The summed E-state index contributed by atoms with van der Waals surface area (Å²) in [6.07, 6.45) is 2.84. The second-order valence-electron chi connectivity index (χ2n) is 7.85. The molecule has 3 rings (SSSR count). The van der Waals surface area contributed by atoms with E-state index in [0.717, 1.165) is 42.4 Å². The van der Waals surface area contributed by atoms with Crippen molar-refractivity contribution in [3.8, 4) is 0 Å². The molecule has 2 heterocycles. The smallest absolute Gasteiger partial charge is 0.341 e. The first kappa shape index (κ1) is 22.8. The van der Waals surface area contributed by atoms with Crippen molar-refractivity contribution in [2.75, 3.05) is 17.7 Å². The van der Waals surface area contributed by atoms with E-state index in [2.05, 4.69) is 36.3 Å². The summed E-state index contributed by atoms with van der Waals surface area (Å²) in [7, 11) is 0. The van der Waals surface area contributed by atoms with Gasteiger partial charge in [-0.15, -0.1) is 21.5 Å². The minimum atomic E-state index is -0.347. The summed E-state index contributed by atoms with van der Waals surface area (Å²) in [4.78, 5) is 26.5. The van der Waals surface area contributed by atoms with Gasteiger partial charge in [0.25, 0.3) is 0 Å². The minimum Gasteiger partial charge on any atom is -0.462 e. The van der Waals surface area contributed by atoms with Gasteiger partial charge in [-0.05, 0) is 44.6 Å². The largest absolute Gasteiger partial charge is 0.462 e. The van der Waals surface area contributed by atoms with E-state index in [0.29, 0.717) is 23.1 Å². The summed E-state index contributed by atoms with van der Waals surface area (Å²) < 4.78 is 7.32. The van der Waals surface area contributed by atoms with Gasteiger partial charge in [0, 0.05) is 17.3 Å². The van der Waals surface area contributed by atoms with Gasteiger partial charge < -0.3 is 14.6 Å². The SMILES string of the molecule is CCOC(=O)c1c(NC(=O)CSc2nnc(C(C)C)n2CC)sc2c1CCC(C)C2. The Morgan fingerprint density at radius 3 is 2.77 bits per heavy atom. The van der Waals surface area contributed by atoms with Crippen molar-refractivity contribution in [1.82, 2.24) is 14.8 Å². The first-order valence-electron chi connectivity index (χ1n) is 10.5. The highest BCUT2D eigenvalue weighted by Gasteiger charge is 2.29. The van der Waals surface area contributed by atoms with Crippen LogP contribution in [0.3, 0.4) is 0 Å². The number of amides is 1. The van der Waals surface area contributed by atoms with Crippen LogP contribution in [0.25, 0.3) is 0 Å². The number of carbonyl (C=O) groups is 2. The fourth-order valence-electron chi connectivity index (χ4n) is 3.68. The summed E-state index contributed by atoms with van der Waals surface area (Å²) in [5.74, 6) is 1.48. The summed E-state index contributed by atoms with van der Waals surface area (Å²) in [5.41, 5.74) is 1.59. The van der Waals surface area contributed by atoms with Gasteiger partial charge in [-0.25, -0.2) is 4.79 Å². The summed E-state index contributed by atoms with van der Waals surface area (Å²) in [6, 6.07) is 0. The van der Waals surface area contributed by atoms with Crippen LogP contribution in [0.1, 0.15) is 73.6 Å². The van der Waals surface area contributed by atoms with E-state index in [1.165, 1.54) is 28.0 Å². The van der Waals surface area contributed by atoms with Gasteiger partial charge in [-0.1, -0.05) is 32.5 Å². The third kappa shape index (κ3) is 4.88. The maximum atomic E-state index is 12.7. The molecule has 1 amide bonds. The number of aromatic nitrogens is 3. The Morgan fingerprint density at radius 1 is 1.33 bits per heavy atom. The van der Waals surface area contributed by atoms with E-state index in [1.807, 2.05) is 11.5 Å². The molecule has 0 aliphatic heterocycles. The molecule has 9 heteroatoms. The number of nitrogens with one attached hydrogen (secondary N) is 1. The molecule has 1 atom stereocenters. The van der Waals surface area contributed by atoms with Crippen molar-refractivity contribution >= 4 is 40.0 Å². The predicted molar refractivity (Wildman–Crippen MR) is 121 cm³/mol. The van der Waals surface area contributed by atoms with Gasteiger partial charge in [0.2, 0.25) is 5.91 Å². The first-order valence-corrected chi connectivity index (χ1v) is 12.3. The van der Waals surface area contributed by atoms with Crippen LogP contribution in [-0.2, 0) is 28.9 Å². The second kappa shape index (κ2) is 9.96. The van der Waals surface area contributed by atoms with Crippen LogP contribution < -0.4 is 5.32 Å². The van der Waals surface area contributed by atoms with Gasteiger partial charge in [0.1, 0.15) is 10.8 Å². The number of carbonyl (C=O) groups excluding carboxylic acids is 2. The Bertz CT molecular complexity index is 920. The summed E-state index contributed by atoms with van der Waals surface area (Å²) in [6.45, 7) is 11.3. The van der Waals surface area contributed by atoms with E-state index in [1.54, 1.807) is 6.92 Å². The Kier molecular flexibility index (Phi) is 7.57. The number of anilines is 1. The van der Waals surface area contributed by atoms with E-state index < -0.39 is 0 Å². The molecular weight excluding hydrogens is 420 g/mol. The van der Waals surface area contributed by atoms with Gasteiger partial charge >= 0.3 is 5.97 Å². The molecule has 2 aromatic rings. The molecule has 30 heavy (non-hydrogen) atoms. The lowest BCUT2D eigenvalue weighted by Crippen LogP contribution is -2.18. The highest BCUT2D eigenvalue weighted by molar-refractivity contribution is 7.99. The van der Waals surface area contributed by atoms with Crippen molar-refractivity contribution in [3.05, 3.63) is 21.8 Å². The standard InChI is InChI=1S/C21H30N4O3S2/c1-6-25-18(12(3)4)23-24-21(25)29-11-16(26)22-19-17(20(27)28-7-2)14-9-8-13(5)10-15(14)30-19/h12-13H,6-11H2,1-5H3,(H,22,26). The molecule has 1 aliphatic rings. The maximum absolute atomic E-state index is 12.7. The lowest BCUT2D eigenvalue weighted by atomic mass is 9.88.